The molecule has 0 radical (unpaired) electrons. The molecular formula is C18H17F3N2O3. The number of hydrogen-bond donors (Lipinski definition) is 1. The predicted octanol–water partition coefficient (Wildman–Crippen LogP) is 3.74. The van der Waals surface area contributed by atoms with E-state index in [2.05, 4.69) is 0 Å². The molecule has 0 saturated heterocycles. The van der Waals surface area contributed by atoms with Crippen molar-refractivity contribution >= 4 is 5.97 Å². The third kappa shape index (κ3) is 3.67. The Bertz CT molecular complexity index is 802. The van der Waals surface area contributed by atoms with Crippen LogP contribution in [0.25, 0.3) is 0 Å². The number of nitrogens with zero attached hydrogens (tertiary/aromatic N) is 1. The summed E-state index contributed by atoms with van der Waals surface area (Å²) in [6, 6.07) is 6.11. The van der Waals surface area contributed by atoms with Gasteiger partial charge in [0.25, 0.3) is 0 Å². The van der Waals surface area contributed by atoms with Crippen molar-refractivity contribution in [3.05, 3.63) is 58.2 Å². The van der Waals surface area contributed by atoms with E-state index in [1.54, 1.807) is 13.8 Å². The lowest BCUT2D eigenvalue weighted by Crippen LogP contribution is -2.26. The molecule has 8 heteroatoms. The van der Waals surface area contributed by atoms with Gasteiger partial charge in [-0.25, -0.2) is 4.79 Å². The van der Waals surface area contributed by atoms with Gasteiger partial charge in [0.15, 0.2) is 0 Å². The molecule has 1 aliphatic rings. The van der Waals surface area contributed by atoms with Crippen molar-refractivity contribution in [2.24, 2.45) is 5.73 Å². The number of nitriles is 1. The van der Waals surface area contributed by atoms with E-state index in [9.17, 15) is 23.2 Å². The number of hydrogen-bond acceptors (Lipinski definition) is 5. The number of allylic oxidation sites excluding steroid dienone is 2. The van der Waals surface area contributed by atoms with Crippen LogP contribution in [0, 0.1) is 11.3 Å². The van der Waals surface area contributed by atoms with Gasteiger partial charge in [0.05, 0.1) is 23.7 Å². The van der Waals surface area contributed by atoms with Gasteiger partial charge in [0.1, 0.15) is 17.4 Å². The maximum absolute atomic E-state index is 12.8. The average Bonchev–Trinajstić information content (AvgIpc) is 2.60. The number of ether oxygens (including phenoxy) is 2. The summed E-state index contributed by atoms with van der Waals surface area (Å²) in [6.07, 6.45) is -4.19. The van der Waals surface area contributed by atoms with Gasteiger partial charge in [-0.2, -0.15) is 18.4 Å². The van der Waals surface area contributed by atoms with Crippen LogP contribution < -0.4 is 5.73 Å². The quantitative estimate of drug-likeness (QED) is 0.821. The van der Waals surface area contributed by atoms with E-state index in [-0.39, 0.29) is 29.4 Å². The Morgan fingerprint density at radius 1 is 1.31 bits per heavy atom. The lowest BCUT2D eigenvalue weighted by atomic mass is 9.82. The van der Waals surface area contributed by atoms with E-state index in [0.717, 1.165) is 12.1 Å². The molecule has 0 bridgehead atoms. The van der Waals surface area contributed by atoms with E-state index in [1.807, 2.05) is 6.07 Å². The van der Waals surface area contributed by atoms with Gasteiger partial charge in [-0.15, -0.1) is 0 Å². The SMILES string of the molecule is CCOC(=O)C1=C(CC)OC(N)=C(C#N)C1c1ccc(C(F)(F)F)cc1. The van der Waals surface area contributed by atoms with Gasteiger partial charge in [-0.1, -0.05) is 19.1 Å². The molecule has 0 aliphatic carbocycles. The summed E-state index contributed by atoms with van der Waals surface area (Å²) < 4.78 is 48.8. The third-order valence-electron chi connectivity index (χ3n) is 3.88. The van der Waals surface area contributed by atoms with Crippen LogP contribution in [0.4, 0.5) is 13.2 Å². The molecule has 1 aliphatic heterocycles. The second kappa shape index (κ2) is 7.52. The van der Waals surface area contributed by atoms with Crippen LogP contribution in [0.2, 0.25) is 0 Å². The van der Waals surface area contributed by atoms with Crippen LogP contribution in [-0.2, 0) is 20.4 Å². The second-order valence-electron chi connectivity index (χ2n) is 5.46. The van der Waals surface area contributed by atoms with E-state index in [0.29, 0.717) is 12.0 Å². The molecule has 26 heavy (non-hydrogen) atoms. The van der Waals surface area contributed by atoms with Crippen LogP contribution in [0.3, 0.4) is 0 Å². The first-order valence-corrected chi connectivity index (χ1v) is 7.89. The summed E-state index contributed by atoms with van der Waals surface area (Å²) in [7, 11) is 0. The Labute approximate surface area is 148 Å². The van der Waals surface area contributed by atoms with E-state index in [1.165, 1.54) is 12.1 Å². The van der Waals surface area contributed by atoms with Gasteiger partial charge in [0, 0.05) is 6.42 Å². The number of nitrogens with two attached hydrogens (primary N) is 1. The topological polar surface area (TPSA) is 85.3 Å². The van der Waals surface area contributed by atoms with Crippen molar-refractivity contribution in [1.29, 1.82) is 5.26 Å². The molecule has 138 valence electrons. The minimum Gasteiger partial charge on any atom is -0.463 e. The number of carbonyl (C=O) groups excluding carboxylic acids is 1. The van der Waals surface area contributed by atoms with Gasteiger partial charge in [0.2, 0.25) is 5.88 Å². The van der Waals surface area contributed by atoms with Gasteiger partial charge in [-0.05, 0) is 24.6 Å². The normalized spacial score (nSPS) is 17.6. The number of esters is 1. The third-order valence-corrected chi connectivity index (χ3v) is 3.88. The standard InChI is InChI=1S/C18H17F3N2O3/c1-3-13-15(17(24)25-4-2)14(12(9-22)16(23)26-13)10-5-7-11(8-6-10)18(19,20)21/h5-8,14H,3-4,23H2,1-2H3. The summed E-state index contributed by atoms with van der Waals surface area (Å²) in [5.74, 6) is -1.60. The van der Waals surface area contributed by atoms with Gasteiger partial charge < -0.3 is 15.2 Å². The number of benzene rings is 1. The molecule has 0 saturated carbocycles. The minimum atomic E-state index is -4.49. The Balaban J connectivity index is 2.61. The van der Waals surface area contributed by atoms with Crippen molar-refractivity contribution in [3.8, 4) is 6.07 Å². The van der Waals surface area contributed by atoms with Gasteiger partial charge in [-0.3, -0.25) is 0 Å². The molecule has 1 atom stereocenters. The van der Waals surface area contributed by atoms with Crippen LogP contribution in [0.15, 0.2) is 47.1 Å². The number of rotatable bonds is 4. The Kier molecular flexibility index (Phi) is 5.60. The smallest absolute Gasteiger partial charge is 0.416 e. The highest BCUT2D eigenvalue weighted by Crippen LogP contribution is 2.41. The second-order valence-corrected chi connectivity index (χ2v) is 5.46. The lowest BCUT2D eigenvalue weighted by molar-refractivity contribution is -0.139. The molecule has 2 rings (SSSR count). The van der Waals surface area contributed by atoms with Crippen LogP contribution in [-0.4, -0.2) is 12.6 Å². The van der Waals surface area contributed by atoms with Crippen LogP contribution in [0.1, 0.15) is 37.3 Å². The molecule has 0 aromatic heterocycles. The number of alkyl halides is 3. The lowest BCUT2D eigenvalue weighted by Gasteiger charge is -2.28. The van der Waals surface area contributed by atoms with Crippen LogP contribution in [0.5, 0.6) is 0 Å². The molecule has 0 amide bonds. The summed E-state index contributed by atoms with van der Waals surface area (Å²) >= 11 is 0. The highest BCUT2D eigenvalue weighted by Gasteiger charge is 2.37. The molecule has 2 N–H and O–H groups in total. The maximum Gasteiger partial charge on any atom is 0.416 e. The molecule has 1 aromatic rings. The van der Waals surface area contributed by atoms with Crippen molar-refractivity contribution < 1.29 is 27.4 Å². The predicted molar refractivity (Wildman–Crippen MR) is 86.0 cm³/mol. The maximum atomic E-state index is 12.8. The molecule has 1 aromatic carbocycles. The first-order chi connectivity index (χ1) is 12.2. The highest BCUT2D eigenvalue weighted by atomic mass is 19.4. The Morgan fingerprint density at radius 2 is 1.92 bits per heavy atom. The molecule has 1 heterocycles. The zero-order valence-electron chi connectivity index (χ0n) is 14.2. The monoisotopic (exact) mass is 366 g/mol. The van der Waals surface area contributed by atoms with E-state index < -0.39 is 23.6 Å². The van der Waals surface area contributed by atoms with Crippen molar-refractivity contribution in [3.63, 3.8) is 0 Å². The molecule has 0 spiro atoms. The molecule has 0 fully saturated rings. The fraction of sp³-hybridized carbons (Fsp3) is 0.333. The zero-order valence-corrected chi connectivity index (χ0v) is 14.2. The fourth-order valence-corrected chi connectivity index (χ4v) is 2.71. The first kappa shape index (κ1) is 19.4. The van der Waals surface area contributed by atoms with Crippen molar-refractivity contribution in [2.45, 2.75) is 32.4 Å². The average molecular weight is 366 g/mol. The molecule has 1 unspecified atom stereocenters. The van der Waals surface area contributed by atoms with E-state index >= 15 is 0 Å². The van der Waals surface area contributed by atoms with Crippen molar-refractivity contribution in [2.75, 3.05) is 6.61 Å². The zero-order chi connectivity index (χ0) is 19.5. The largest absolute Gasteiger partial charge is 0.463 e. The highest BCUT2D eigenvalue weighted by molar-refractivity contribution is 5.92. The summed E-state index contributed by atoms with van der Waals surface area (Å²) in [6.45, 7) is 3.44. The molecular weight excluding hydrogens is 349 g/mol. The van der Waals surface area contributed by atoms with E-state index in [4.69, 9.17) is 15.2 Å². The van der Waals surface area contributed by atoms with Gasteiger partial charge >= 0.3 is 12.1 Å². The summed E-state index contributed by atoms with van der Waals surface area (Å²) in [5, 5.41) is 9.44. The molecule has 5 nitrogen and oxygen atoms in total. The Hall–Kier alpha value is -2.95. The summed E-state index contributed by atoms with van der Waals surface area (Å²) in [4.78, 5) is 12.4. The van der Waals surface area contributed by atoms with Crippen LogP contribution >= 0.6 is 0 Å². The fourth-order valence-electron chi connectivity index (χ4n) is 2.71. The number of halogens is 3. The summed E-state index contributed by atoms with van der Waals surface area (Å²) in [5.41, 5.74) is 5.29. The first-order valence-electron chi connectivity index (χ1n) is 7.89. The Morgan fingerprint density at radius 3 is 2.38 bits per heavy atom. The minimum absolute atomic E-state index is 0.0509. The number of carbonyl (C=O) groups is 1. The van der Waals surface area contributed by atoms with Crippen molar-refractivity contribution in [1.82, 2.24) is 0 Å².